The molecule has 10 atom stereocenters. The van der Waals surface area contributed by atoms with E-state index in [1.54, 1.807) is 0 Å². The van der Waals surface area contributed by atoms with Crippen LogP contribution >= 0.6 is 0 Å². The molecule has 0 aromatic carbocycles. The molecule has 0 amide bonds. The van der Waals surface area contributed by atoms with Gasteiger partial charge in [-0.3, -0.25) is 0 Å². The van der Waals surface area contributed by atoms with E-state index in [2.05, 4.69) is 0 Å². The SMILES string of the molecule is CC(O)C(=O)O[C@H]1[C@H](O)[C@@H](CO)O[C@@]1(CO)O[C@H]1O[C@H](CO)[C@@H](O)[C@H](O)[C@H]1O.[CaH2]. The Kier molecular flexibility index (Phi) is 10.6. The first-order valence-electron chi connectivity index (χ1n) is 8.56. The van der Waals surface area contributed by atoms with Crippen molar-refractivity contribution in [2.24, 2.45) is 0 Å². The van der Waals surface area contributed by atoms with E-state index in [-0.39, 0.29) is 37.7 Å². The van der Waals surface area contributed by atoms with Crippen molar-refractivity contribution < 1.29 is 64.6 Å². The first-order valence-corrected chi connectivity index (χ1v) is 8.56. The van der Waals surface area contributed by atoms with Crippen molar-refractivity contribution in [1.29, 1.82) is 0 Å². The van der Waals surface area contributed by atoms with Gasteiger partial charge in [0, 0.05) is 0 Å². The molecule has 2 heterocycles. The Morgan fingerprint density at radius 1 is 1.00 bits per heavy atom. The molecule has 2 rings (SSSR count). The summed E-state index contributed by atoms with van der Waals surface area (Å²) >= 11 is 0. The van der Waals surface area contributed by atoms with Crippen LogP contribution in [0.15, 0.2) is 0 Å². The second-order valence-corrected chi connectivity index (χ2v) is 6.65. The molecule has 2 aliphatic heterocycles. The first-order chi connectivity index (χ1) is 13.1. The van der Waals surface area contributed by atoms with Gasteiger partial charge in [-0.25, -0.2) is 4.79 Å². The van der Waals surface area contributed by atoms with Gasteiger partial charge in [-0.15, -0.1) is 0 Å². The molecule has 8 N–H and O–H groups in total. The number of carbonyl (C=O) groups excluding carboxylic acids is 1. The monoisotopic (exact) mass is 456 g/mol. The number of rotatable bonds is 7. The second kappa shape index (κ2) is 11.2. The van der Waals surface area contributed by atoms with Crippen molar-refractivity contribution >= 4 is 43.7 Å². The number of hydrogen-bond acceptors (Lipinski definition) is 13. The zero-order chi connectivity index (χ0) is 21.2. The van der Waals surface area contributed by atoms with Crippen LogP contribution in [0, 0.1) is 0 Å². The Bertz CT molecular complexity index is 534. The molecule has 0 bridgehead atoms. The average molecular weight is 456 g/mol. The Balaban J connectivity index is 0.00000420. The molecular weight excluding hydrogens is 428 g/mol. The average Bonchev–Trinajstić information content (AvgIpc) is 2.94. The molecule has 2 saturated heterocycles. The van der Waals surface area contributed by atoms with E-state index < -0.39 is 86.7 Å². The Labute approximate surface area is 195 Å². The van der Waals surface area contributed by atoms with Crippen LogP contribution in [0.2, 0.25) is 0 Å². The van der Waals surface area contributed by atoms with Crippen LogP contribution in [0.1, 0.15) is 6.92 Å². The predicted molar refractivity (Wildman–Crippen MR) is 92.7 cm³/mol. The third-order valence-corrected chi connectivity index (χ3v) is 4.62. The molecular formula is C15H28CaO13. The van der Waals surface area contributed by atoms with E-state index in [1.807, 2.05) is 0 Å². The third-order valence-electron chi connectivity index (χ3n) is 4.62. The fourth-order valence-corrected chi connectivity index (χ4v) is 3.00. The zero-order valence-electron chi connectivity index (χ0n) is 14.9. The standard InChI is InChI=1S/C15H26O13.Ca.2H/c1-5(19)13(24)26-12-9(21)7(3-17)27-15(12,4-18)28-14-11(23)10(22)8(20)6(2-16)25-14;;;/h5-12,14,16-23H,2-4H2,1H3;;;/t5?,6-,7-,8-,9-,10+,11-,12+,14-,15+;;;/m1.../s1. The van der Waals surface area contributed by atoms with Gasteiger partial charge in [0.1, 0.15) is 49.3 Å². The zero-order valence-corrected chi connectivity index (χ0v) is 14.9. The molecule has 0 spiro atoms. The number of hydrogen-bond donors (Lipinski definition) is 8. The van der Waals surface area contributed by atoms with Crippen molar-refractivity contribution in [2.45, 2.75) is 67.8 Å². The molecule has 0 aromatic heterocycles. The van der Waals surface area contributed by atoms with E-state index in [0.717, 1.165) is 6.92 Å². The summed E-state index contributed by atoms with van der Waals surface area (Å²) in [6.07, 6.45) is -14.9. The van der Waals surface area contributed by atoms with Crippen molar-refractivity contribution in [3.8, 4) is 0 Å². The fraction of sp³-hybridized carbons (Fsp3) is 0.933. The van der Waals surface area contributed by atoms with Crippen molar-refractivity contribution in [3.05, 3.63) is 0 Å². The van der Waals surface area contributed by atoms with E-state index in [4.69, 9.17) is 18.9 Å². The first kappa shape index (κ1) is 27.3. The molecule has 0 aromatic rings. The Morgan fingerprint density at radius 2 is 1.59 bits per heavy atom. The van der Waals surface area contributed by atoms with Crippen LogP contribution in [0.3, 0.4) is 0 Å². The fourth-order valence-electron chi connectivity index (χ4n) is 3.00. The van der Waals surface area contributed by atoms with Gasteiger partial charge in [-0.1, -0.05) is 0 Å². The van der Waals surface area contributed by atoms with Crippen molar-refractivity contribution in [2.75, 3.05) is 19.8 Å². The predicted octanol–water partition coefficient (Wildman–Crippen LogP) is -6.38. The molecule has 1 unspecified atom stereocenters. The molecule has 14 heteroatoms. The van der Waals surface area contributed by atoms with Crippen LogP contribution in [0.5, 0.6) is 0 Å². The second-order valence-electron chi connectivity index (χ2n) is 6.65. The molecule has 2 aliphatic rings. The molecule has 2 fully saturated rings. The van der Waals surface area contributed by atoms with Gasteiger partial charge in [-0.2, -0.15) is 0 Å². The van der Waals surface area contributed by atoms with Crippen LogP contribution in [0.25, 0.3) is 0 Å². The molecule has 168 valence electrons. The molecule has 29 heavy (non-hydrogen) atoms. The maximum atomic E-state index is 11.8. The summed E-state index contributed by atoms with van der Waals surface area (Å²) in [7, 11) is 0. The minimum absolute atomic E-state index is 0. The topological polar surface area (TPSA) is 216 Å². The van der Waals surface area contributed by atoms with Crippen molar-refractivity contribution in [1.82, 2.24) is 0 Å². The summed E-state index contributed by atoms with van der Waals surface area (Å²) in [5.74, 6) is -3.55. The minimum atomic E-state index is -2.36. The number of aliphatic hydroxyl groups excluding tert-OH is 8. The van der Waals surface area contributed by atoms with E-state index in [1.165, 1.54) is 0 Å². The van der Waals surface area contributed by atoms with Crippen LogP contribution in [-0.4, -0.2) is 165 Å². The number of esters is 1. The summed E-state index contributed by atoms with van der Waals surface area (Å²) in [6.45, 7) is -1.48. The van der Waals surface area contributed by atoms with Gasteiger partial charge in [0.2, 0.25) is 5.79 Å². The summed E-state index contributed by atoms with van der Waals surface area (Å²) in [4.78, 5) is 11.8. The van der Waals surface area contributed by atoms with Crippen LogP contribution < -0.4 is 0 Å². The normalized spacial score (nSPS) is 43.5. The van der Waals surface area contributed by atoms with Gasteiger partial charge in [0.25, 0.3) is 0 Å². The van der Waals surface area contributed by atoms with Crippen LogP contribution in [0.4, 0.5) is 0 Å². The molecule has 13 nitrogen and oxygen atoms in total. The van der Waals surface area contributed by atoms with Gasteiger partial charge < -0.3 is 59.8 Å². The number of carbonyl (C=O) groups is 1. The van der Waals surface area contributed by atoms with E-state index in [0.29, 0.717) is 0 Å². The Hall–Kier alpha value is 0.290. The summed E-state index contributed by atoms with van der Waals surface area (Å²) in [6, 6.07) is 0. The third kappa shape index (κ3) is 5.56. The quantitative estimate of drug-likeness (QED) is 0.132. The summed E-state index contributed by atoms with van der Waals surface area (Å²) in [5.41, 5.74) is 0. The molecule has 0 aliphatic carbocycles. The van der Waals surface area contributed by atoms with E-state index >= 15 is 0 Å². The Morgan fingerprint density at radius 3 is 2.07 bits per heavy atom. The van der Waals surface area contributed by atoms with Crippen molar-refractivity contribution in [3.63, 3.8) is 0 Å². The number of ether oxygens (including phenoxy) is 4. The van der Waals surface area contributed by atoms with Crippen LogP contribution in [-0.2, 0) is 23.7 Å². The van der Waals surface area contributed by atoms with Gasteiger partial charge in [-0.05, 0) is 6.92 Å². The number of aliphatic hydroxyl groups is 8. The van der Waals surface area contributed by atoms with Gasteiger partial charge in [0.15, 0.2) is 12.4 Å². The molecule has 0 radical (unpaired) electrons. The van der Waals surface area contributed by atoms with Gasteiger partial charge in [0.05, 0.1) is 13.2 Å². The summed E-state index contributed by atoms with van der Waals surface area (Å²) in [5, 5.41) is 77.8. The molecule has 0 saturated carbocycles. The maximum absolute atomic E-state index is 11.8. The van der Waals surface area contributed by atoms with E-state index in [9.17, 15) is 45.6 Å². The summed E-state index contributed by atoms with van der Waals surface area (Å²) < 4.78 is 20.8. The van der Waals surface area contributed by atoms with Gasteiger partial charge >= 0.3 is 43.7 Å².